The quantitative estimate of drug-likeness (QED) is 0.589. The Hall–Kier alpha value is -1.98. The van der Waals surface area contributed by atoms with Crippen molar-refractivity contribution in [3.05, 3.63) is 60.2 Å². The van der Waals surface area contributed by atoms with E-state index in [9.17, 15) is 0 Å². The fraction of sp³-hybridized carbons (Fsp3) is 0.458. The zero-order valence-corrected chi connectivity index (χ0v) is 18.1. The Balaban J connectivity index is 1.16. The minimum Gasteiger partial charge on any atom is -0.494 e. The summed E-state index contributed by atoms with van der Waals surface area (Å²) in [5.41, 5.74) is 2.49. The predicted molar refractivity (Wildman–Crippen MR) is 123 cm³/mol. The summed E-state index contributed by atoms with van der Waals surface area (Å²) in [6.07, 6.45) is 4.75. The van der Waals surface area contributed by atoms with Crippen molar-refractivity contribution in [1.29, 1.82) is 0 Å². The normalized spacial score (nSPS) is 17.5. The van der Waals surface area contributed by atoms with Gasteiger partial charge in [-0.3, -0.25) is 0 Å². The highest BCUT2D eigenvalue weighted by Crippen LogP contribution is 2.32. The van der Waals surface area contributed by atoms with Crippen LogP contribution in [0.15, 0.2) is 59.6 Å². The van der Waals surface area contributed by atoms with Gasteiger partial charge < -0.3 is 14.5 Å². The van der Waals surface area contributed by atoms with Crippen molar-refractivity contribution in [2.75, 3.05) is 33.3 Å². The molecule has 0 unspecified atom stereocenters. The molecule has 4 rings (SSSR count). The van der Waals surface area contributed by atoms with E-state index in [-0.39, 0.29) is 0 Å². The van der Waals surface area contributed by atoms with E-state index >= 15 is 0 Å². The molecule has 0 aliphatic carbocycles. The van der Waals surface area contributed by atoms with Crippen molar-refractivity contribution >= 4 is 22.6 Å². The van der Waals surface area contributed by atoms with Gasteiger partial charge >= 0.3 is 0 Å². The minimum atomic E-state index is 0.601. The number of aliphatic imine (C=N–C) groups is 1. The molecule has 2 aromatic carbocycles. The van der Waals surface area contributed by atoms with Gasteiger partial charge in [-0.1, -0.05) is 48.2 Å². The van der Waals surface area contributed by atoms with Gasteiger partial charge in [0.15, 0.2) is 5.17 Å². The number of unbranched alkanes of at least 4 members (excludes halogenated alkanes) is 1. The van der Waals surface area contributed by atoms with Gasteiger partial charge in [0.2, 0.25) is 0 Å². The summed E-state index contributed by atoms with van der Waals surface area (Å²) in [5, 5.41) is 1.18. The zero-order chi connectivity index (χ0) is 19.9. The highest BCUT2D eigenvalue weighted by Gasteiger charge is 2.26. The van der Waals surface area contributed by atoms with E-state index in [1.807, 2.05) is 42.1 Å². The molecule has 0 aromatic heterocycles. The first-order valence-electron chi connectivity index (χ1n) is 10.7. The summed E-state index contributed by atoms with van der Waals surface area (Å²) in [4.78, 5) is 9.94. The van der Waals surface area contributed by atoms with Crippen LogP contribution in [0.5, 0.6) is 5.75 Å². The van der Waals surface area contributed by atoms with Gasteiger partial charge in [0.05, 0.1) is 12.3 Å². The third-order valence-electron chi connectivity index (χ3n) is 5.85. The number of hydrogen-bond donors (Lipinski definition) is 0. The third-order valence-corrected chi connectivity index (χ3v) is 6.94. The van der Waals surface area contributed by atoms with Crippen molar-refractivity contribution in [2.45, 2.75) is 37.5 Å². The average molecular weight is 410 g/mol. The van der Waals surface area contributed by atoms with Crippen LogP contribution in [0.4, 0.5) is 5.69 Å². The molecule has 2 aliphatic heterocycles. The molecular formula is C24H31N3OS. The second kappa shape index (κ2) is 10.2. The van der Waals surface area contributed by atoms with Crippen LogP contribution in [0.25, 0.3) is 0 Å². The first-order chi connectivity index (χ1) is 14.3. The molecule has 2 aliphatic rings. The molecule has 154 valence electrons. The Morgan fingerprint density at radius 2 is 1.79 bits per heavy atom. The molecule has 0 atom stereocenters. The van der Waals surface area contributed by atoms with E-state index in [2.05, 4.69) is 41.1 Å². The van der Waals surface area contributed by atoms with Crippen molar-refractivity contribution < 1.29 is 4.74 Å². The lowest BCUT2D eigenvalue weighted by atomic mass is 10.0. The zero-order valence-electron chi connectivity index (χ0n) is 17.3. The summed E-state index contributed by atoms with van der Waals surface area (Å²) < 4.78 is 5.80. The lowest BCUT2D eigenvalue weighted by molar-refractivity contribution is 0.162. The van der Waals surface area contributed by atoms with Crippen LogP contribution in [-0.4, -0.2) is 54.3 Å². The van der Waals surface area contributed by atoms with Crippen LogP contribution in [-0.2, 0) is 5.75 Å². The SMILES string of the molecule is CN(C1=Nc2ccccc2CS1)C1CCN(CCCCOc2ccccc2)CC1. The fourth-order valence-corrected chi connectivity index (χ4v) is 5.08. The van der Waals surface area contributed by atoms with Crippen molar-refractivity contribution in [3.8, 4) is 5.75 Å². The lowest BCUT2D eigenvalue weighted by Crippen LogP contribution is -2.45. The molecule has 0 bridgehead atoms. The third kappa shape index (κ3) is 5.55. The van der Waals surface area contributed by atoms with Crippen molar-refractivity contribution in [2.24, 2.45) is 4.99 Å². The molecule has 5 heteroatoms. The lowest BCUT2D eigenvalue weighted by Gasteiger charge is -2.38. The number of amidine groups is 1. The van der Waals surface area contributed by atoms with Gasteiger partial charge in [0.1, 0.15) is 5.75 Å². The van der Waals surface area contributed by atoms with Crippen LogP contribution in [0.1, 0.15) is 31.2 Å². The second-order valence-corrected chi connectivity index (χ2v) is 8.81. The molecule has 0 radical (unpaired) electrons. The standard InChI is InChI=1S/C24H31N3OS/c1-26(24-25-23-12-6-5-9-20(23)19-29-24)21-13-16-27(17-14-21)15-7-8-18-28-22-10-3-2-4-11-22/h2-6,9-12,21H,7-8,13-19H2,1H3. The van der Waals surface area contributed by atoms with Crippen LogP contribution >= 0.6 is 11.8 Å². The number of fused-ring (bicyclic) bond motifs is 1. The molecular weight excluding hydrogens is 378 g/mol. The molecule has 2 aromatic rings. The average Bonchev–Trinajstić information content (AvgIpc) is 2.79. The van der Waals surface area contributed by atoms with Gasteiger partial charge in [-0.2, -0.15) is 0 Å². The van der Waals surface area contributed by atoms with E-state index in [1.54, 1.807) is 0 Å². The Morgan fingerprint density at radius 1 is 1.03 bits per heavy atom. The molecule has 29 heavy (non-hydrogen) atoms. The van der Waals surface area contributed by atoms with E-state index in [1.165, 1.54) is 49.6 Å². The molecule has 2 heterocycles. The molecule has 0 spiro atoms. The van der Waals surface area contributed by atoms with Crippen LogP contribution < -0.4 is 4.74 Å². The Labute approximate surface area is 179 Å². The number of nitrogens with zero attached hydrogens (tertiary/aromatic N) is 3. The largest absolute Gasteiger partial charge is 0.494 e. The van der Waals surface area contributed by atoms with Gasteiger partial charge in [-0.05, 0) is 56.0 Å². The number of hydrogen-bond acceptors (Lipinski definition) is 5. The summed E-state index contributed by atoms with van der Waals surface area (Å²) in [5.74, 6) is 2.01. The van der Waals surface area contributed by atoms with Crippen LogP contribution in [0, 0.1) is 0 Å². The van der Waals surface area contributed by atoms with Gasteiger partial charge in [0.25, 0.3) is 0 Å². The molecule has 0 saturated carbocycles. The van der Waals surface area contributed by atoms with E-state index in [0.29, 0.717) is 6.04 Å². The van der Waals surface area contributed by atoms with Gasteiger partial charge in [0, 0.05) is 31.9 Å². The number of thioether (sulfide) groups is 1. The number of piperidine rings is 1. The maximum absolute atomic E-state index is 5.80. The monoisotopic (exact) mass is 409 g/mol. The molecule has 0 amide bonds. The minimum absolute atomic E-state index is 0.601. The summed E-state index contributed by atoms with van der Waals surface area (Å²) in [6, 6.07) is 19.2. The predicted octanol–water partition coefficient (Wildman–Crippen LogP) is 5.18. The first kappa shape index (κ1) is 20.3. The number of likely N-dealkylation sites (tertiary alicyclic amines) is 1. The maximum atomic E-state index is 5.80. The molecule has 1 fully saturated rings. The van der Waals surface area contributed by atoms with Crippen LogP contribution in [0.3, 0.4) is 0 Å². The highest BCUT2D eigenvalue weighted by atomic mass is 32.2. The van der Waals surface area contributed by atoms with Crippen molar-refractivity contribution in [1.82, 2.24) is 9.80 Å². The number of ether oxygens (including phenoxy) is 1. The number of benzene rings is 2. The van der Waals surface area contributed by atoms with Gasteiger partial charge in [-0.25, -0.2) is 4.99 Å². The topological polar surface area (TPSA) is 28.1 Å². The molecule has 1 saturated heterocycles. The number of rotatable bonds is 7. The Morgan fingerprint density at radius 3 is 2.62 bits per heavy atom. The first-order valence-corrected chi connectivity index (χ1v) is 11.7. The van der Waals surface area contributed by atoms with Gasteiger partial charge in [-0.15, -0.1) is 0 Å². The second-order valence-electron chi connectivity index (χ2n) is 7.86. The Kier molecular flexibility index (Phi) is 7.12. The van der Waals surface area contributed by atoms with Crippen LogP contribution in [0.2, 0.25) is 0 Å². The van der Waals surface area contributed by atoms with E-state index < -0.39 is 0 Å². The fourth-order valence-electron chi connectivity index (χ4n) is 4.03. The Bertz CT molecular complexity index is 803. The molecule has 4 nitrogen and oxygen atoms in total. The van der Waals surface area contributed by atoms with E-state index in [0.717, 1.165) is 30.2 Å². The maximum Gasteiger partial charge on any atom is 0.164 e. The number of para-hydroxylation sites is 2. The van der Waals surface area contributed by atoms with Crippen molar-refractivity contribution in [3.63, 3.8) is 0 Å². The summed E-state index contributed by atoms with van der Waals surface area (Å²) >= 11 is 1.87. The summed E-state index contributed by atoms with van der Waals surface area (Å²) in [6.45, 7) is 4.35. The molecule has 0 N–H and O–H groups in total. The smallest absolute Gasteiger partial charge is 0.164 e. The highest BCUT2D eigenvalue weighted by molar-refractivity contribution is 8.13. The summed E-state index contributed by atoms with van der Waals surface area (Å²) in [7, 11) is 2.22. The van der Waals surface area contributed by atoms with E-state index in [4.69, 9.17) is 9.73 Å².